The summed E-state index contributed by atoms with van der Waals surface area (Å²) in [6.45, 7) is 5.52. The molecule has 1 atom stereocenters. The van der Waals surface area contributed by atoms with Gasteiger partial charge in [-0.05, 0) is 30.7 Å². The smallest absolute Gasteiger partial charge is 0.316 e. The van der Waals surface area contributed by atoms with Crippen molar-refractivity contribution in [3.05, 3.63) is 48.0 Å². The van der Waals surface area contributed by atoms with Crippen LogP contribution in [0, 0.1) is 6.92 Å². The first-order chi connectivity index (χ1) is 11.7. The summed E-state index contributed by atoms with van der Waals surface area (Å²) in [4.78, 5) is 15.0. The molecule has 4 rings (SSSR count). The van der Waals surface area contributed by atoms with Gasteiger partial charge >= 0.3 is 6.01 Å². The lowest BCUT2D eigenvalue weighted by Crippen LogP contribution is -2.65. The molecule has 0 amide bonds. The standard InChI is InChI=1S/C18H22N4O2/c1-14-2-8-20-17(21-14)24-16-5-9-23-18(10-16)12-22(13-18)11-15-3-6-19-7-4-15/h2-4,6-8,16H,5,9-13H2,1H3/t16-/m0/s1. The van der Waals surface area contributed by atoms with Crippen molar-refractivity contribution in [3.8, 4) is 6.01 Å². The monoisotopic (exact) mass is 326 g/mol. The summed E-state index contributed by atoms with van der Waals surface area (Å²) in [5.41, 5.74) is 2.14. The van der Waals surface area contributed by atoms with Gasteiger partial charge in [0.05, 0.1) is 12.2 Å². The second kappa shape index (κ2) is 6.45. The maximum absolute atomic E-state index is 6.09. The Kier molecular flexibility index (Phi) is 4.16. The maximum Gasteiger partial charge on any atom is 0.316 e. The van der Waals surface area contributed by atoms with E-state index in [2.05, 4.69) is 32.0 Å². The van der Waals surface area contributed by atoms with E-state index in [1.54, 1.807) is 6.20 Å². The Hall–Kier alpha value is -2.05. The van der Waals surface area contributed by atoms with Crippen LogP contribution in [-0.4, -0.2) is 51.3 Å². The lowest BCUT2D eigenvalue weighted by atomic mass is 9.84. The van der Waals surface area contributed by atoms with E-state index in [4.69, 9.17) is 9.47 Å². The Bertz CT molecular complexity index is 688. The average Bonchev–Trinajstić information content (AvgIpc) is 2.55. The highest BCUT2D eigenvalue weighted by molar-refractivity contribution is 5.12. The predicted molar refractivity (Wildman–Crippen MR) is 88.6 cm³/mol. The molecule has 6 nitrogen and oxygen atoms in total. The molecule has 0 aliphatic carbocycles. The molecule has 0 saturated carbocycles. The van der Waals surface area contributed by atoms with Gasteiger partial charge in [0, 0.05) is 56.8 Å². The van der Waals surface area contributed by atoms with Gasteiger partial charge < -0.3 is 9.47 Å². The van der Waals surface area contributed by atoms with Gasteiger partial charge in [-0.15, -0.1) is 0 Å². The van der Waals surface area contributed by atoms with E-state index in [1.165, 1.54) is 5.56 Å². The van der Waals surface area contributed by atoms with Crippen LogP contribution in [0.4, 0.5) is 0 Å². The molecule has 2 saturated heterocycles. The second-order valence-corrected chi connectivity index (χ2v) is 6.75. The number of nitrogens with zero attached hydrogens (tertiary/aromatic N) is 4. The van der Waals surface area contributed by atoms with Crippen LogP contribution in [0.1, 0.15) is 24.1 Å². The minimum absolute atomic E-state index is 0.0697. The zero-order valence-electron chi connectivity index (χ0n) is 13.9. The molecular formula is C18H22N4O2. The Balaban J connectivity index is 1.33. The normalized spacial score (nSPS) is 23.0. The molecule has 0 aromatic carbocycles. The van der Waals surface area contributed by atoms with Crippen LogP contribution in [0.2, 0.25) is 0 Å². The number of hydrogen-bond donors (Lipinski definition) is 0. The summed E-state index contributed by atoms with van der Waals surface area (Å²) in [5.74, 6) is 0. The van der Waals surface area contributed by atoms with Gasteiger partial charge in [-0.1, -0.05) is 0 Å². The summed E-state index contributed by atoms with van der Waals surface area (Å²) in [7, 11) is 0. The molecule has 6 heteroatoms. The van der Waals surface area contributed by atoms with Gasteiger partial charge in [-0.3, -0.25) is 9.88 Å². The molecule has 0 radical (unpaired) electrons. The van der Waals surface area contributed by atoms with Crippen molar-refractivity contribution in [1.29, 1.82) is 0 Å². The Morgan fingerprint density at radius 2 is 2.08 bits per heavy atom. The fraction of sp³-hybridized carbons (Fsp3) is 0.500. The summed E-state index contributed by atoms with van der Waals surface area (Å²) < 4.78 is 12.1. The highest BCUT2D eigenvalue weighted by atomic mass is 16.5. The fourth-order valence-corrected chi connectivity index (χ4v) is 3.56. The van der Waals surface area contributed by atoms with Crippen molar-refractivity contribution in [2.24, 2.45) is 0 Å². The van der Waals surface area contributed by atoms with Crippen molar-refractivity contribution in [1.82, 2.24) is 19.9 Å². The van der Waals surface area contributed by atoms with E-state index in [1.807, 2.05) is 25.4 Å². The van der Waals surface area contributed by atoms with Gasteiger partial charge in [0.2, 0.25) is 0 Å². The maximum atomic E-state index is 6.09. The van der Waals surface area contributed by atoms with Crippen molar-refractivity contribution < 1.29 is 9.47 Å². The molecule has 2 aromatic rings. The van der Waals surface area contributed by atoms with Crippen LogP contribution in [0.15, 0.2) is 36.8 Å². The molecule has 2 aromatic heterocycles. The van der Waals surface area contributed by atoms with E-state index < -0.39 is 0 Å². The average molecular weight is 326 g/mol. The molecular weight excluding hydrogens is 304 g/mol. The van der Waals surface area contributed by atoms with Crippen molar-refractivity contribution in [2.45, 2.75) is 38.0 Å². The van der Waals surface area contributed by atoms with Gasteiger partial charge in [-0.2, -0.15) is 0 Å². The topological polar surface area (TPSA) is 60.4 Å². The summed E-state index contributed by atoms with van der Waals surface area (Å²) >= 11 is 0. The van der Waals surface area contributed by atoms with Crippen LogP contribution >= 0.6 is 0 Å². The van der Waals surface area contributed by atoms with Crippen LogP contribution in [0.25, 0.3) is 0 Å². The molecule has 4 heterocycles. The lowest BCUT2D eigenvalue weighted by molar-refractivity contribution is -0.188. The number of likely N-dealkylation sites (tertiary alicyclic amines) is 1. The van der Waals surface area contributed by atoms with Crippen LogP contribution in [0.3, 0.4) is 0 Å². The predicted octanol–water partition coefficient (Wildman–Crippen LogP) is 1.99. The van der Waals surface area contributed by atoms with Gasteiger partial charge in [0.1, 0.15) is 6.10 Å². The third kappa shape index (κ3) is 3.39. The van der Waals surface area contributed by atoms with Gasteiger partial charge in [-0.25, -0.2) is 9.97 Å². The van der Waals surface area contributed by atoms with E-state index >= 15 is 0 Å². The van der Waals surface area contributed by atoms with E-state index in [-0.39, 0.29) is 11.7 Å². The quantitative estimate of drug-likeness (QED) is 0.856. The van der Waals surface area contributed by atoms with E-state index in [9.17, 15) is 0 Å². The summed E-state index contributed by atoms with van der Waals surface area (Å²) in [5, 5.41) is 0. The molecule has 0 N–H and O–H groups in total. The summed E-state index contributed by atoms with van der Waals surface area (Å²) in [6, 6.07) is 6.48. The largest absolute Gasteiger partial charge is 0.460 e. The molecule has 24 heavy (non-hydrogen) atoms. The Morgan fingerprint density at radius 1 is 1.25 bits per heavy atom. The highest BCUT2D eigenvalue weighted by Gasteiger charge is 2.48. The lowest BCUT2D eigenvalue weighted by Gasteiger charge is -2.53. The highest BCUT2D eigenvalue weighted by Crippen LogP contribution is 2.36. The van der Waals surface area contributed by atoms with Crippen molar-refractivity contribution in [2.75, 3.05) is 19.7 Å². The first-order valence-corrected chi connectivity index (χ1v) is 8.42. The zero-order valence-corrected chi connectivity index (χ0v) is 13.9. The molecule has 0 unspecified atom stereocenters. The van der Waals surface area contributed by atoms with Gasteiger partial charge in [0.25, 0.3) is 0 Å². The van der Waals surface area contributed by atoms with E-state index in [0.717, 1.165) is 44.8 Å². The third-order valence-electron chi connectivity index (χ3n) is 4.67. The molecule has 2 fully saturated rings. The van der Waals surface area contributed by atoms with Crippen LogP contribution < -0.4 is 4.74 Å². The second-order valence-electron chi connectivity index (χ2n) is 6.75. The fourth-order valence-electron chi connectivity index (χ4n) is 3.56. The summed E-state index contributed by atoms with van der Waals surface area (Å²) in [6.07, 6.45) is 7.35. The first kappa shape index (κ1) is 15.5. The number of pyridine rings is 1. The van der Waals surface area contributed by atoms with Crippen molar-refractivity contribution >= 4 is 0 Å². The van der Waals surface area contributed by atoms with Crippen LogP contribution in [-0.2, 0) is 11.3 Å². The third-order valence-corrected chi connectivity index (χ3v) is 4.67. The van der Waals surface area contributed by atoms with Crippen molar-refractivity contribution in [3.63, 3.8) is 0 Å². The minimum Gasteiger partial charge on any atom is -0.460 e. The Morgan fingerprint density at radius 3 is 2.88 bits per heavy atom. The number of aromatic nitrogens is 3. The zero-order chi connectivity index (χ0) is 16.4. The molecule has 2 aliphatic rings. The molecule has 0 bridgehead atoms. The van der Waals surface area contributed by atoms with Crippen LogP contribution in [0.5, 0.6) is 6.01 Å². The number of hydrogen-bond acceptors (Lipinski definition) is 6. The van der Waals surface area contributed by atoms with E-state index in [0.29, 0.717) is 6.01 Å². The number of rotatable bonds is 4. The SMILES string of the molecule is Cc1ccnc(O[C@H]2CCOC3(C2)CN(Cc2ccncc2)C3)n1. The first-order valence-electron chi connectivity index (χ1n) is 8.42. The molecule has 2 aliphatic heterocycles. The number of ether oxygens (including phenoxy) is 2. The minimum atomic E-state index is -0.0697. The molecule has 126 valence electrons. The molecule has 1 spiro atoms. The Labute approximate surface area is 141 Å². The van der Waals surface area contributed by atoms with Gasteiger partial charge in [0.15, 0.2) is 0 Å². The number of aryl methyl sites for hydroxylation is 1.